The second-order valence-electron chi connectivity index (χ2n) is 18.7. The average molecular weight is 890 g/mol. The van der Waals surface area contributed by atoms with Crippen molar-refractivity contribution < 1.29 is 41.5 Å². The molecular formula is C49H55N5O9S. The number of likely N-dealkylation sites (tertiary alicyclic amines) is 1. The number of rotatable bonds is 16. The molecule has 3 aromatic carbocycles. The number of carbonyl (C=O) groups is 4. The molecule has 1 saturated heterocycles. The monoisotopic (exact) mass is 889 g/mol. The van der Waals surface area contributed by atoms with Crippen molar-refractivity contribution in [2.45, 2.75) is 96.6 Å². The van der Waals surface area contributed by atoms with E-state index in [-0.39, 0.29) is 56.0 Å². The number of nitrogens with zero attached hydrogens (tertiary/aromatic N) is 3. The Bertz CT molecular complexity index is 2760. The van der Waals surface area contributed by atoms with E-state index < -0.39 is 61.8 Å². The smallest absolute Gasteiger partial charge is 0.262 e. The molecular weight excluding hydrogens is 835 g/mol. The van der Waals surface area contributed by atoms with Gasteiger partial charge in [-0.05, 0) is 105 Å². The third kappa shape index (κ3) is 8.99. The Morgan fingerprint density at radius 3 is 2.41 bits per heavy atom. The van der Waals surface area contributed by atoms with Gasteiger partial charge in [0, 0.05) is 42.3 Å². The number of para-hydroxylation sites is 1. The molecule has 336 valence electrons. The van der Waals surface area contributed by atoms with Gasteiger partial charge in [0.25, 0.3) is 11.8 Å². The first-order chi connectivity index (χ1) is 30.4. The number of sulfonamides is 1. The van der Waals surface area contributed by atoms with Crippen molar-refractivity contribution in [1.29, 1.82) is 0 Å². The molecule has 14 nitrogen and oxygen atoms in total. The highest BCUT2D eigenvalue weighted by molar-refractivity contribution is 7.90. The van der Waals surface area contributed by atoms with Gasteiger partial charge in [0.1, 0.15) is 23.0 Å². The quantitative estimate of drug-likeness (QED) is 0.0954. The molecule has 2 aromatic heterocycles. The fraction of sp³-hybridized carbons (Fsp3) is 0.429. The van der Waals surface area contributed by atoms with Gasteiger partial charge in [-0.25, -0.2) is 13.4 Å². The lowest BCUT2D eigenvalue weighted by molar-refractivity contribution is -0.144. The Morgan fingerprint density at radius 2 is 1.75 bits per heavy atom. The first-order valence-electron chi connectivity index (χ1n) is 21.9. The molecule has 1 aliphatic heterocycles. The number of carbonyl (C=O) groups excluding carboxylic acids is 4. The van der Waals surface area contributed by atoms with E-state index in [1.165, 1.54) is 0 Å². The predicted molar refractivity (Wildman–Crippen MR) is 242 cm³/mol. The summed E-state index contributed by atoms with van der Waals surface area (Å²) in [6.45, 7) is 13.6. The average Bonchev–Trinajstić information content (AvgIpc) is 4.17. The van der Waals surface area contributed by atoms with Crippen LogP contribution in [0.15, 0.2) is 89.9 Å². The standard InChI is InChI=1S/C49H55N5O9S/c1-8-32-25-49(32,47(58)53-64(59,60)35-20-21-35)26-39(55)38-24-34(27-54(38)46(57)37(48(4,5)6)23-29-12-11-13-31(22-29)44(56)50-7)62-45-42-41(36-14-9-10-15-40(36)63-42)51-43(52-45)30-16-18-33(19-17-30)61-28(2)3/h8-19,22,28,32,34-35,37-38H,1,20-21,23-27H2,2-7H3,(H,50,56)(H,53,58)/t32-,34-,37-,38+,49-/m1/s1. The lowest BCUT2D eigenvalue weighted by Crippen LogP contribution is -2.48. The number of nitrogens with one attached hydrogen (secondary N) is 2. The molecule has 5 atom stereocenters. The van der Waals surface area contributed by atoms with E-state index in [0.29, 0.717) is 52.2 Å². The van der Waals surface area contributed by atoms with Crippen LogP contribution in [0.5, 0.6) is 11.6 Å². The zero-order valence-electron chi connectivity index (χ0n) is 37.1. The molecule has 3 heterocycles. The molecule has 0 spiro atoms. The van der Waals surface area contributed by atoms with Gasteiger partial charge in [-0.15, -0.1) is 6.58 Å². The van der Waals surface area contributed by atoms with Crippen LogP contribution < -0.4 is 19.5 Å². The Kier molecular flexibility index (Phi) is 11.9. The summed E-state index contributed by atoms with van der Waals surface area (Å²) in [5.74, 6) is -1.55. The van der Waals surface area contributed by atoms with E-state index >= 15 is 4.79 Å². The Morgan fingerprint density at radius 1 is 1.02 bits per heavy atom. The molecule has 0 radical (unpaired) electrons. The van der Waals surface area contributed by atoms with Crippen molar-refractivity contribution in [3.05, 3.63) is 96.6 Å². The van der Waals surface area contributed by atoms with Gasteiger partial charge in [-0.2, -0.15) is 4.98 Å². The number of furan rings is 1. The van der Waals surface area contributed by atoms with Gasteiger partial charge in [-0.1, -0.05) is 51.1 Å². The minimum atomic E-state index is -3.89. The van der Waals surface area contributed by atoms with E-state index in [0.717, 1.165) is 10.9 Å². The number of fused-ring (bicyclic) bond motifs is 3. The second-order valence-corrected chi connectivity index (χ2v) is 20.7. The van der Waals surface area contributed by atoms with Crippen LogP contribution in [-0.2, 0) is 30.8 Å². The number of ketones is 1. The lowest BCUT2D eigenvalue weighted by atomic mass is 9.76. The minimum absolute atomic E-state index is 0.00252. The SMILES string of the molecule is C=C[C@@H]1C[C@]1(CC(=O)[C@@H]1C[C@@H](Oc2nc(-c3ccc(OC(C)C)cc3)nc3c2oc2ccccc23)CN1C(=O)[C@@H](Cc1cccc(C(=O)NC)c1)C(C)(C)C)C(=O)NS(=O)(=O)C1CC1. The molecule has 2 N–H and O–H groups in total. The van der Waals surface area contributed by atoms with Crippen LogP contribution in [0, 0.1) is 22.7 Å². The molecule has 8 rings (SSSR count). The number of allylic oxidation sites excluding steroid dienone is 1. The van der Waals surface area contributed by atoms with Gasteiger partial charge < -0.3 is 24.1 Å². The van der Waals surface area contributed by atoms with Crippen molar-refractivity contribution >= 4 is 55.6 Å². The Balaban J connectivity index is 1.15. The van der Waals surface area contributed by atoms with Crippen LogP contribution in [0.25, 0.3) is 33.5 Å². The number of hydrogen-bond donors (Lipinski definition) is 2. The zero-order chi connectivity index (χ0) is 45.7. The highest BCUT2D eigenvalue weighted by Crippen LogP contribution is 2.57. The van der Waals surface area contributed by atoms with E-state index in [2.05, 4.69) is 16.6 Å². The van der Waals surface area contributed by atoms with Crippen LogP contribution in [0.2, 0.25) is 0 Å². The molecule has 3 aliphatic rings. The largest absolute Gasteiger partial charge is 0.491 e. The molecule has 3 fully saturated rings. The molecule has 64 heavy (non-hydrogen) atoms. The molecule has 2 aliphatic carbocycles. The third-order valence-corrected chi connectivity index (χ3v) is 14.4. The maximum atomic E-state index is 15.2. The second kappa shape index (κ2) is 17.1. The van der Waals surface area contributed by atoms with Crippen molar-refractivity contribution in [2.75, 3.05) is 13.6 Å². The number of ether oxygens (including phenoxy) is 2. The molecule has 2 saturated carbocycles. The normalized spacial score (nSPS) is 21.4. The highest BCUT2D eigenvalue weighted by atomic mass is 32.2. The molecule has 0 bridgehead atoms. The number of benzene rings is 3. The first kappa shape index (κ1) is 44.5. The summed E-state index contributed by atoms with van der Waals surface area (Å²) in [7, 11) is -2.34. The first-order valence-corrected chi connectivity index (χ1v) is 23.4. The number of Topliss-reactive ketones (excluding diaryl/α,β-unsaturated/α-hetero) is 1. The molecule has 3 amide bonds. The number of amides is 3. The van der Waals surface area contributed by atoms with Gasteiger partial charge in [0.15, 0.2) is 11.6 Å². The van der Waals surface area contributed by atoms with E-state index in [1.54, 1.807) is 36.2 Å². The van der Waals surface area contributed by atoms with Crippen LogP contribution >= 0.6 is 0 Å². The fourth-order valence-corrected chi connectivity index (χ4v) is 10.2. The summed E-state index contributed by atoms with van der Waals surface area (Å²) in [6, 6.07) is 21.0. The van der Waals surface area contributed by atoms with Gasteiger partial charge in [-0.3, -0.25) is 23.9 Å². The van der Waals surface area contributed by atoms with Crippen molar-refractivity contribution in [2.24, 2.45) is 22.7 Å². The molecule has 15 heteroatoms. The van der Waals surface area contributed by atoms with E-state index in [1.807, 2.05) is 89.2 Å². The summed E-state index contributed by atoms with van der Waals surface area (Å²) >= 11 is 0. The maximum absolute atomic E-state index is 15.2. The highest BCUT2D eigenvalue weighted by Gasteiger charge is 2.61. The summed E-state index contributed by atoms with van der Waals surface area (Å²) in [5, 5.41) is 2.77. The molecule has 5 aromatic rings. The number of aromatic nitrogens is 2. The van der Waals surface area contributed by atoms with Crippen molar-refractivity contribution in [3.63, 3.8) is 0 Å². The summed E-state index contributed by atoms with van der Waals surface area (Å²) < 4.78 is 47.1. The van der Waals surface area contributed by atoms with Gasteiger partial charge in [0.05, 0.1) is 29.4 Å². The number of hydrogen-bond acceptors (Lipinski definition) is 11. The predicted octanol–water partition coefficient (Wildman–Crippen LogP) is 7.20. The van der Waals surface area contributed by atoms with E-state index in [4.69, 9.17) is 23.9 Å². The van der Waals surface area contributed by atoms with Gasteiger partial charge >= 0.3 is 0 Å². The third-order valence-electron chi connectivity index (χ3n) is 12.6. The summed E-state index contributed by atoms with van der Waals surface area (Å²) in [6.07, 6.45) is 2.04. The zero-order valence-corrected chi connectivity index (χ0v) is 37.9. The summed E-state index contributed by atoms with van der Waals surface area (Å²) in [4.78, 5) is 67.7. The Hall–Kier alpha value is -6.09. The minimum Gasteiger partial charge on any atom is -0.491 e. The van der Waals surface area contributed by atoms with Crippen LogP contribution in [0.1, 0.15) is 82.6 Å². The Labute approximate surface area is 373 Å². The van der Waals surface area contributed by atoms with Crippen LogP contribution in [0.4, 0.5) is 0 Å². The molecule has 0 unspecified atom stereocenters. The summed E-state index contributed by atoms with van der Waals surface area (Å²) in [5.41, 5.74) is 1.41. The fourth-order valence-electron chi connectivity index (χ4n) is 8.81. The maximum Gasteiger partial charge on any atom is 0.262 e. The van der Waals surface area contributed by atoms with Crippen molar-refractivity contribution in [3.8, 4) is 23.0 Å². The lowest BCUT2D eigenvalue weighted by Gasteiger charge is -2.35. The van der Waals surface area contributed by atoms with Gasteiger partial charge in [0.2, 0.25) is 27.4 Å². The van der Waals surface area contributed by atoms with Crippen molar-refractivity contribution in [1.82, 2.24) is 24.9 Å². The van der Waals surface area contributed by atoms with Crippen LogP contribution in [-0.4, -0.2) is 83.9 Å². The van der Waals surface area contributed by atoms with Crippen LogP contribution in [0.3, 0.4) is 0 Å². The van der Waals surface area contributed by atoms with E-state index in [9.17, 15) is 22.8 Å². The topological polar surface area (TPSA) is 187 Å².